The molecule has 0 bridgehead atoms. The summed E-state index contributed by atoms with van der Waals surface area (Å²) < 4.78 is 22.7. The summed E-state index contributed by atoms with van der Waals surface area (Å²) in [7, 11) is 0. The normalized spacial score (nSPS) is 24.1. The zero-order valence-corrected chi connectivity index (χ0v) is 52.2. The molecule has 9 N–H and O–H groups in total. The molecule has 0 aromatic heterocycles. The van der Waals surface area contributed by atoms with Crippen molar-refractivity contribution < 1.29 is 64.6 Å². The van der Waals surface area contributed by atoms with Gasteiger partial charge in [0.05, 0.1) is 32.0 Å². The first-order chi connectivity index (χ1) is 40.1. The number of unbranched alkanes of at least 4 members (excludes halogenated alkanes) is 39. The molecular formula is C68H127NO13. The Labute approximate surface area is 500 Å². The zero-order chi connectivity index (χ0) is 59.5. The molecule has 82 heavy (non-hydrogen) atoms. The smallest absolute Gasteiger partial charge is 0.220 e. The summed E-state index contributed by atoms with van der Waals surface area (Å²) in [6.45, 7) is 2.73. The molecule has 12 unspecified atom stereocenters. The Morgan fingerprint density at radius 1 is 0.439 bits per heavy atom. The number of carbonyl (C=O) groups excluding carboxylic acids is 1. The van der Waals surface area contributed by atoms with E-state index in [2.05, 4.69) is 43.5 Å². The van der Waals surface area contributed by atoms with E-state index in [1.165, 1.54) is 212 Å². The van der Waals surface area contributed by atoms with Crippen LogP contribution in [0.15, 0.2) is 36.5 Å². The first kappa shape index (κ1) is 76.3. The van der Waals surface area contributed by atoms with Crippen molar-refractivity contribution in [3.8, 4) is 0 Å². The van der Waals surface area contributed by atoms with E-state index in [4.69, 9.17) is 18.9 Å². The van der Waals surface area contributed by atoms with Gasteiger partial charge in [0.25, 0.3) is 0 Å². The van der Waals surface area contributed by atoms with Crippen LogP contribution >= 0.6 is 0 Å². The molecule has 1 amide bonds. The van der Waals surface area contributed by atoms with Gasteiger partial charge < -0.3 is 65.1 Å². The van der Waals surface area contributed by atoms with Gasteiger partial charge in [-0.15, -0.1) is 0 Å². The molecule has 2 rings (SSSR count). The number of hydrogen-bond acceptors (Lipinski definition) is 13. The van der Waals surface area contributed by atoms with Crippen molar-refractivity contribution in [1.29, 1.82) is 0 Å². The summed E-state index contributed by atoms with van der Waals surface area (Å²) >= 11 is 0. The molecule has 0 saturated carbocycles. The number of allylic oxidation sites excluding steroid dienone is 5. The molecule has 14 nitrogen and oxygen atoms in total. The maximum atomic E-state index is 13.2. The maximum Gasteiger partial charge on any atom is 0.220 e. The van der Waals surface area contributed by atoms with E-state index in [0.29, 0.717) is 6.42 Å². The Morgan fingerprint density at radius 2 is 0.805 bits per heavy atom. The molecule has 0 radical (unpaired) electrons. The third-order valence-corrected chi connectivity index (χ3v) is 16.8. The van der Waals surface area contributed by atoms with Crippen molar-refractivity contribution >= 4 is 5.91 Å². The summed E-state index contributed by atoms with van der Waals surface area (Å²) in [6, 6.07) is -0.909. The van der Waals surface area contributed by atoms with Gasteiger partial charge in [-0.05, 0) is 51.4 Å². The Hall–Kier alpha value is -1.79. The van der Waals surface area contributed by atoms with Gasteiger partial charge in [0.15, 0.2) is 12.6 Å². The first-order valence-electron chi connectivity index (χ1n) is 34.2. The van der Waals surface area contributed by atoms with Crippen LogP contribution in [0, 0.1) is 0 Å². The summed E-state index contributed by atoms with van der Waals surface area (Å²) in [5, 5.41) is 86.7. The Balaban J connectivity index is 1.46. The van der Waals surface area contributed by atoms with Gasteiger partial charge in [0, 0.05) is 6.42 Å². The summed E-state index contributed by atoms with van der Waals surface area (Å²) in [5.74, 6) is -0.239. The Kier molecular flexibility index (Phi) is 49.7. The van der Waals surface area contributed by atoms with Crippen molar-refractivity contribution in [1.82, 2.24) is 5.32 Å². The quantitative estimate of drug-likeness (QED) is 0.0204. The third kappa shape index (κ3) is 37.7. The van der Waals surface area contributed by atoms with Crippen molar-refractivity contribution in [2.45, 2.75) is 370 Å². The van der Waals surface area contributed by atoms with Crippen molar-refractivity contribution in [3.05, 3.63) is 36.5 Å². The monoisotopic (exact) mass is 1170 g/mol. The summed E-state index contributed by atoms with van der Waals surface area (Å²) in [5.41, 5.74) is 0. The second-order valence-electron chi connectivity index (χ2n) is 24.3. The summed E-state index contributed by atoms with van der Waals surface area (Å²) in [4.78, 5) is 13.2. The van der Waals surface area contributed by atoms with Crippen molar-refractivity contribution in [2.75, 3.05) is 19.8 Å². The number of nitrogens with one attached hydrogen (secondary N) is 1. The van der Waals surface area contributed by atoms with E-state index in [-0.39, 0.29) is 18.9 Å². The van der Waals surface area contributed by atoms with E-state index in [0.717, 1.165) is 57.8 Å². The van der Waals surface area contributed by atoms with Gasteiger partial charge in [-0.1, -0.05) is 275 Å². The lowest BCUT2D eigenvalue weighted by molar-refractivity contribution is -0.359. The lowest BCUT2D eigenvalue weighted by atomic mass is 9.97. The van der Waals surface area contributed by atoms with Crippen LogP contribution < -0.4 is 5.32 Å². The number of aliphatic hydroxyl groups is 8. The topological polar surface area (TPSA) is 228 Å². The number of carbonyl (C=O) groups is 1. The second-order valence-corrected chi connectivity index (χ2v) is 24.3. The number of aliphatic hydroxyl groups excluding tert-OH is 8. The van der Waals surface area contributed by atoms with E-state index in [1.54, 1.807) is 6.08 Å². The van der Waals surface area contributed by atoms with Gasteiger partial charge in [-0.2, -0.15) is 0 Å². The molecule has 14 heteroatoms. The lowest BCUT2D eigenvalue weighted by Crippen LogP contribution is -2.65. The molecule has 12 atom stereocenters. The largest absolute Gasteiger partial charge is 0.394 e. The molecule has 0 aromatic carbocycles. The Morgan fingerprint density at radius 3 is 1.22 bits per heavy atom. The third-order valence-electron chi connectivity index (χ3n) is 16.8. The average molecular weight is 1170 g/mol. The van der Waals surface area contributed by atoms with Crippen molar-refractivity contribution in [2.24, 2.45) is 0 Å². The van der Waals surface area contributed by atoms with Crippen LogP contribution in [-0.2, 0) is 23.7 Å². The highest BCUT2D eigenvalue weighted by Gasteiger charge is 2.51. The number of amides is 1. The SMILES string of the molecule is CCCCCCC/C=C\C/C=C\CCCCCCCCCCCCCCCCCCCCCCCCCCCCCCCC(=O)NC(COC1OC(CO)C(OC2OC(CO)C(O)C(O)C2O)C(O)C1O)C(O)/C=C/CCCCCCC. The van der Waals surface area contributed by atoms with Gasteiger partial charge in [0.1, 0.15) is 48.8 Å². The maximum absolute atomic E-state index is 13.2. The number of rotatable bonds is 56. The van der Waals surface area contributed by atoms with Crippen LogP contribution in [0.4, 0.5) is 0 Å². The molecule has 0 spiro atoms. The van der Waals surface area contributed by atoms with Crippen LogP contribution in [0.3, 0.4) is 0 Å². The molecule has 0 aliphatic carbocycles. The molecule has 2 aliphatic heterocycles. The van der Waals surface area contributed by atoms with E-state index in [9.17, 15) is 45.6 Å². The number of hydrogen-bond donors (Lipinski definition) is 9. The fourth-order valence-electron chi connectivity index (χ4n) is 11.3. The zero-order valence-electron chi connectivity index (χ0n) is 52.2. The van der Waals surface area contributed by atoms with Crippen LogP contribution in [-0.4, -0.2) is 140 Å². The van der Waals surface area contributed by atoms with Crippen molar-refractivity contribution in [3.63, 3.8) is 0 Å². The van der Waals surface area contributed by atoms with Crippen LogP contribution in [0.5, 0.6) is 0 Å². The minimum absolute atomic E-state index is 0.239. The molecule has 0 aromatic rings. The Bertz CT molecular complexity index is 1510. The summed E-state index contributed by atoms with van der Waals surface area (Å²) in [6.07, 6.45) is 51.5. The average Bonchev–Trinajstić information content (AvgIpc) is 3.65. The molecule has 2 saturated heterocycles. The lowest BCUT2D eigenvalue weighted by Gasteiger charge is -2.46. The highest BCUT2D eigenvalue weighted by Crippen LogP contribution is 2.30. The van der Waals surface area contributed by atoms with Gasteiger partial charge in [-0.25, -0.2) is 0 Å². The standard InChI is InChI=1S/C68H127NO13/c1-3-5-7-9-11-12-13-14-15-16-17-18-19-20-21-22-23-24-25-26-27-28-29-30-31-32-33-34-35-36-37-38-39-40-41-42-43-44-46-48-50-52-60(73)69-56(57(72)51-49-47-45-10-8-6-4-2)55-79-67-65(78)63(76)66(59(54-71)81-67)82-68-64(77)62(75)61(74)58(53-70)80-68/h13-14,16-17,49,51,56-59,61-68,70-72,74-78H,3-12,15,18-48,50,52-55H2,1-2H3,(H,69,73)/b14-13-,17-16-,51-49+. The van der Waals surface area contributed by atoms with Crippen LogP contribution in [0.1, 0.15) is 296 Å². The first-order valence-corrected chi connectivity index (χ1v) is 34.2. The highest BCUT2D eigenvalue weighted by atomic mass is 16.7. The van der Waals surface area contributed by atoms with E-state index >= 15 is 0 Å². The predicted octanol–water partition coefficient (Wildman–Crippen LogP) is 13.3. The molecule has 2 aliphatic rings. The molecule has 482 valence electrons. The predicted molar refractivity (Wildman–Crippen MR) is 332 cm³/mol. The highest BCUT2D eigenvalue weighted by molar-refractivity contribution is 5.76. The second kappa shape index (κ2) is 53.4. The fraction of sp³-hybridized carbons (Fsp3) is 0.897. The number of ether oxygens (including phenoxy) is 4. The molecule has 2 fully saturated rings. The van der Waals surface area contributed by atoms with Crippen LogP contribution in [0.25, 0.3) is 0 Å². The van der Waals surface area contributed by atoms with E-state index in [1.807, 2.05) is 6.08 Å². The minimum atomic E-state index is -1.79. The molecular weight excluding hydrogens is 1040 g/mol. The molecule has 2 heterocycles. The fourth-order valence-corrected chi connectivity index (χ4v) is 11.3. The van der Waals surface area contributed by atoms with E-state index < -0.39 is 86.8 Å². The van der Waals surface area contributed by atoms with Gasteiger partial charge in [0.2, 0.25) is 5.91 Å². The van der Waals surface area contributed by atoms with Gasteiger partial charge in [-0.3, -0.25) is 4.79 Å². The van der Waals surface area contributed by atoms with Crippen LogP contribution in [0.2, 0.25) is 0 Å². The minimum Gasteiger partial charge on any atom is -0.394 e. The van der Waals surface area contributed by atoms with Gasteiger partial charge >= 0.3 is 0 Å².